The van der Waals surface area contributed by atoms with E-state index in [1.165, 1.54) is 19.8 Å². The van der Waals surface area contributed by atoms with Gasteiger partial charge in [0.05, 0.1) is 6.67 Å². The van der Waals surface area contributed by atoms with Crippen LogP contribution in [0.15, 0.2) is 0 Å². The van der Waals surface area contributed by atoms with E-state index in [4.69, 9.17) is 0 Å². The van der Waals surface area contributed by atoms with Gasteiger partial charge in [0.15, 0.2) is 0 Å². The van der Waals surface area contributed by atoms with E-state index in [2.05, 4.69) is 9.80 Å². The quantitative estimate of drug-likeness (QED) is 0.624. The molecule has 3 aliphatic carbocycles. The minimum atomic E-state index is 1.03. The summed E-state index contributed by atoms with van der Waals surface area (Å²) in [5.74, 6) is 6.71. The highest BCUT2D eigenvalue weighted by molar-refractivity contribution is 5.20. The van der Waals surface area contributed by atoms with E-state index in [1.54, 1.807) is 25.7 Å². The number of nitrogens with zero attached hydrogens (tertiary/aromatic N) is 2. The Morgan fingerprint density at radius 1 is 0.765 bits per heavy atom. The van der Waals surface area contributed by atoms with Crippen LogP contribution in [0.4, 0.5) is 0 Å². The van der Waals surface area contributed by atoms with Crippen LogP contribution in [0, 0.1) is 35.5 Å². The van der Waals surface area contributed by atoms with Crippen LogP contribution in [0.3, 0.4) is 0 Å². The van der Waals surface area contributed by atoms with Crippen molar-refractivity contribution in [1.82, 2.24) is 9.80 Å². The predicted octanol–water partition coefficient (Wildman–Crippen LogP) is 1.62. The largest absolute Gasteiger partial charge is 0.287 e. The Labute approximate surface area is 103 Å². The fourth-order valence-electron chi connectivity index (χ4n) is 7.59. The van der Waals surface area contributed by atoms with Crippen LogP contribution in [0.2, 0.25) is 0 Å². The summed E-state index contributed by atoms with van der Waals surface area (Å²) in [6, 6.07) is 2.06. The molecule has 4 aliphatic heterocycles. The first-order valence-corrected chi connectivity index (χ1v) is 7.90. The first kappa shape index (κ1) is 8.92. The molecule has 0 radical (unpaired) electrons. The average Bonchev–Trinajstić information content (AvgIpc) is 2.97. The second-order valence-electron chi connectivity index (χ2n) is 7.83. The Bertz CT molecular complexity index is 360. The molecule has 7 aliphatic rings. The third kappa shape index (κ3) is 0.805. The number of hydrogen-bond acceptors (Lipinski definition) is 2. The van der Waals surface area contributed by atoms with E-state index in [0.717, 1.165) is 47.6 Å². The second kappa shape index (κ2) is 2.60. The summed E-state index contributed by atoms with van der Waals surface area (Å²) in [5, 5.41) is 0. The van der Waals surface area contributed by atoms with Gasteiger partial charge in [-0.05, 0) is 54.8 Å². The maximum atomic E-state index is 2.92. The van der Waals surface area contributed by atoms with Gasteiger partial charge in [0.25, 0.3) is 0 Å². The molecule has 0 aromatic heterocycles. The average molecular weight is 230 g/mol. The molecule has 0 aromatic carbocycles. The van der Waals surface area contributed by atoms with Gasteiger partial charge in [-0.3, -0.25) is 9.80 Å². The maximum absolute atomic E-state index is 2.92. The molecule has 4 saturated heterocycles. The molecule has 0 spiro atoms. The normalized spacial score (nSPS) is 73.4. The molecule has 92 valence electrons. The number of rotatable bonds is 0. The number of hydrogen-bond donors (Lipinski definition) is 0. The Morgan fingerprint density at radius 2 is 1.35 bits per heavy atom. The highest BCUT2D eigenvalue weighted by Gasteiger charge is 2.69. The van der Waals surface area contributed by atoms with E-state index in [9.17, 15) is 0 Å². The molecule has 7 rings (SSSR count). The van der Waals surface area contributed by atoms with Gasteiger partial charge in [-0.1, -0.05) is 6.42 Å². The summed E-state index contributed by atoms with van der Waals surface area (Å²) in [6.07, 6.45) is 6.26. The summed E-state index contributed by atoms with van der Waals surface area (Å²) in [7, 11) is 0. The van der Waals surface area contributed by atoms with Gasteiger partial charge in [0.1, 0.15) is 0 Å². The van der Waals surface area contributed by atoms with Gasteiger partial charge in [-0.25, -0.2) is 0 Å². The standard InChI is InChI=1S/C15H22N2/c1-2-10-11(3-1)15-13-9-4-8-5-16(7-17(15)6-9)14(10)12(8)13/h8-15H,1-7H2. The monoisotopic (exact) mass is 230 g/mol. The van der Waals surface area contributed by atoms with E-state index in [-0.39, 0.29) is 0 Å². The third-order valence-corrected chi connectivity index (χ3v) is 7.57. The first-order chi connectivity index (χ1) is 8.42. The highest BCUT2D eigenvalue weighted by atomic mass is 15.4. The zero-order valence-corrected chi connectivity index (χ0v) is 10.5. The van der Waals surface area contributed by atoms with Crippen molar-refractivity contribution in [1.29, 1.82) is 0 Å². The lowest BCUT2D eigenvalue weighted by Gasteiger charge is -2.44. The molecule has 0 amide bonds. The van der Waals surface area contributed by atoms with Crippen molar-refractivity contribution in [2.45, 2.75) is 37.8 Å². The van der Waals surface area contributed by atoms with Crippen molar-refractivity contribution in [2.24, 2.45) is 35.5 Å². The lowest BCUT2D eigenvalue weighted by molar-refractivity contribution is 0.0643. The molecule has 2 nitrogen and oxygen atoms in total. The fourth-order valence-corrected chi connectivity index (χ4v) is 7.59. The van der Waals surface area contributed by atoms with E-state index >= 15 is 0 Å². The van der Waals surface area contributed by atoms with Crippen LogP contribution >= 0.6 is 0 Å². The molecule has 7 fully saturated rings. The molecule has 0 N–H and O–H groups in total. The smallest absolute Gasteiger partial charge is 0.0512 e. The minimum absolute atomic E-state index is 1.03. The molecule has 3 saturated carbocycles. The summed E-state index contributed by atoms with van der Waals surface area (Å²) in [4.78, 5) is 5.85. The van der Waals surface area contributed by atoms with Crippen molar-refractivity contribution >= 4 is 0 Å². The molecule has 10 atom stereocenters. The van der Waals surface area contributed by atoms with Crippen LogP contribution in [0.1, 0.15) is 25.7 Å². The molecule has 17 heavy (non-hydrogen) atoms. The van der Waals surface area contributed by atoms with Crippen molar-refractivity contribution < 1.29 is 0 Å². The van der Waals surface area contributed by atoms with Crippen LogP contribution in [0.25, 0.3) is 0 Å². The van der Waals surface area contributed by atoms with Crippen molar-refractivity contribution in [3.8, 4) is 0 Å². The topological polar surface area (TPSA) is 6.48 Å². The van der Waals surface area contributed by atoms with Crippen molar-refractivity contribution in [3.05, 3.63) is 0 Å². The lowest BCUT2D eigenvalue weighted by atomic mass is 9.64. The van der Waals surface area contributed by atoms with Crippen LogP contribution in [0.5, 0.6) is 0 Å². The van der Waals surface area contributed by atoms with Crippen LogP contribution < -0.4 is 0 Å². The summed E-state index contributed by atoms with van der Waals surface area (Å²) >= 11 is 0. The van der Waals surface area contributed by atoms with Crippen molar-refractivity contribution in [3.63, 3.8) is 0 Å². The predicted molar refractivity (Wildman–Crippen MR) is 65.3 cm³/mol. The second-order valence-corrected chi connectivity index (χ2v) is 7.83. The minimum Gasteiger partial charge on any atom is -0.287 e. The molecule has 2 heteroatoms. The zero-order valence-electron chi connectivity index (χ0n) is 10.5. The summed E-state index contributed by atoms with van der Waals surface area (Å²) < 4.78 is 0. The van der Waals surface area contributed by atoms with Crippen LogP contribution in [-0.4, -0.2) is 41.6 Å². The molecule has 6 bridgehead atoms. The first-order valence-electron chi connectivity index (χ1n) is 7.90. The summed E-state index contributed by atoms with van der Waals surface area (Å²) in [5.41, 5.74) is 0. The van der Waals surface area contributed by atoms with E-state index in [0.29, 0.717) is 0 Å². The van der Waals surface area contributed by atoms with Gasteiger partial charge in [0.2, 0.25) is 0 Å². The molecular weight excluding hydrogens is 208 g/mol. The van der Waals surface area contributed by atoms with Gasteiger partial charge in [-0.2, -0.15) is 0 Å². The lowest BCUT2D eigenvalue weighted by Crippen LogP contribution is -2.49. The molecule has 0 aromatic rings. The SMILES string of the molecule is C1CC2C(C1)C1C3C4CC5CN(CN1C4)C2C53. The van der Waals surface area contributed by atoms with Crippen LogP contribution in [-0.2, 0) is 0 Å². The Hall–Kier alpha value is -0.0800. The Kier molecular flexibility index (Phi) is 1.36. The highest BCUT2D eigenvalue weighted by Crippen LogP contribution is 2.66. The van der Waals surface area contributed by atoms with Gasteiger partial charge >= 0.3 is 0 Å². The zero-order chi connectivity index (χ0) is 10.7. The van der Waals surface area contributed by atoms with Gasteiger partial charge < -0.3 is 0 Å². The van der Waals surface area contributed by atoms with E-state index < -0.39 is 0 Å². The maximum Gasteiger partial charge on any atom is 0.0512 e. The third-order valence-electron chi connectivity index (χ3n) is 7.57. The Morgan fingerprint density at radius 3 is 1.94 bits per heavy atom. The fraction of sp³-hybridized carbons (Fsp3) is 1.00. The van der Waals surface area contributed by atoms with Crippen molar-refractivity contribution in [2.75, 3.05) is 19.8 Å². The van der Waals surface area contributed by atoms with Gasteiger partial charge in [-0.15, -0.1) is 0 Å². The molecular formula is C15H22N2. The molecule has 10 unspecified atom stereocenters. The molecule has 4 heterocycles. The Balaban J connectivity index is 1.61. The van der Waals surface area contributed by atoms with E-state index in [1.807, 2.05) is 0 Å². The van der Waals surface area contributed by atoms with Gasteiger partial charge in [0, 0.05) is 25.2 Å². The summed E-state index contributed by atoms with van der Waals surface area (Å²) in [6.45, 7) is 4.28.